The Bertz CT molecular complexity index is 1220. The summed E-state index contributed by atoms with van der Waals surface area (Å²) in [5, 5.41) is 94.6. The zero-order valence-corrected chi connectivity index (χ0v) is 29.9. The topological polar surface area (TPSA) is 417 Å². The van der Waals surface area contributed by atoms with Crippen molar-refractivity contribution in [3.8, 4) is 0 Å². The van der Waals surface area contributed by atoms with Gasteiger partial charge in [0.1, 0.15) is 73.1 Å². The molecule has 0 aromatic rings. The van der Waals surface area contributed by atoms with E-state index in [9.17, 15) is 60.3 Å². The summed E-state index contributed by atoms with van der Waals surface area (Å²) in [6.45, 7) is 0.940. The number of nitrogens with two attached hydrogens (primary N) is 4. The molecule has 3 aliphatic heterocycles. The van der Waals surface area contributed by atoms with E-state index in [4.69, 9.17) is 51.4 Å². The molecule has 3 heterocycles. The van der Waals surface area contributed by atoms with Gasteiger partial charge in [-0.1, -0.05) is 0 Å². The van der Waals surface area contributed by atoms with Gasteiger partial charge in [-0.05, 0) is 20.8 Å². The van der Waals surface area contributed by atoms with Crippen LogP contribution in [-0.2, 0) is 42.8 Å². The largest absolute Gasteiger partial charge is 0.394 e. The Kier molecular flexibility index (Phi) is 17.4. The van der Waals surface area contributed by atoms with Gasteiger partial charge in [0.2, 0.25) is 11.8 Å². The molecule has 14 unspecified atom stereocenters. The number of aliphatic hydroxyl groups excluding tert-OH is 9. The maximum absolute atomic E-state index is 13.9. The van der Waals surface area contributed by atoms with E-state index < -0.39 is 166 Å². The van der Waals surface area contributed by atoms with Gasteiger partial charge >= 0.3 is 0 Å². The van der Waals surface area contributed by atoms with E-state index in [1.165, 1.54) is 13.8 Å². The number of ether oxygens (including phenoxy) is 6. The zero-order valence-electron chi connectivity index (χ0n) is 29.9. The highest BCUT2D eigenvalue weighted by Crippen LogP contribution is 2.25. The molecule has 19 N–H and O–H groups in total. The van der Waals surface area contributed by atoms with Gasteiger partial charge in [-0.3, -0.25) is 14.4 Å². The lowest BCUT2D eigenvalue weighted by Crippen LogP contribution is -2.66. The van der Waals surface area contributed by atoms with Crippen LogP contribution in [0.5, 0.6) is 0 Å². The van der Waals surface area contributed by atoms with E-state index in [1.807, 2.05) is 0 Å². The Balaban J connectivity index is 1.80. The molecule has 24 heteroatoms. The second-order valence-corrected chi connectivity index (χ2v) is 13.6. The molecular weight excluding hydrogens is 732 g/mol. The van der Waals surface area contributed by atoms with E-state index in [0.29, 0.717) is 0 Å². The van der Waals surface area contributed by atoms with Crippen LogP contribution in [0.2, 0.25) is 0 Å². The minimum atomic E-state index is -1.74. The standard InChI is InChI=1S/C30H56N6O18/c1-8(40)18(9(2)50-29-16(33)24(45)21(42)13(5-38)53-29)35-27(48)19(10(3)51-30-17(34)25(46)22(43)14(6-39)54-30)36-26(47)11(31)7-49-28-15(32)23(44)20(41)12(4-37)52-28/h9-25,28-30,37-39,41-46H,4-7,31-34H2,1-3H3,(H,35,48)(H,36,47)/t9?,10?,11?,12?,13?,14?,15-,16-,17-,18?,19?,20?,21?,22?,23-,24-,25-,28?,29?,30?/m0/s1. The highest BCUT2D eigenvalue weighted by molar-refractivity contribution is 5.93. The van der Waals surface area contributed by atoms with Gasteiger partial charge in [0, 0.05) is 0 Å². The molecule has 0 aromatic carbocycles. The Morgan fingerprint density at radius 1 is 0.611 bits per heavy atom. The fourth-order valence-corrected chi connectivity index (χ4v) is 6.01. The van der Waals surface area contributed by atoms with Crippen LogP contribution in [0.1, 0.15) is 20.8 Å². The van der Waals surface area contributed by atoms with Crippen molar-refractivity contribution in [2.75, 3.05) is 26.4 Å². The predicted molar refractivity (Wildman–Crippen MR) is 177 cm³/mol. The summed E-state index contributed by atoms with van der Waals surface area (Å²) in [5.41, 5.74) is 23.8. The number of carbonyl (C=O) groups is 3. The third kappa shape index (κ3) is 10.8. The molecule has 3 fully saturated rings. The van der Waals surface area contributed by atoms with Crippen LogP contribution in [0.3, 0.4) is 0 Å². The first-order valence-electron chi connectivity index (χ1n) is 17.2. The van der Waals surface area contributed by atoms with Gasteiger partial charge in [-0.25, -0.2) is 0 Å². The lowest BCUT2D eigenvalue weighted by Gasteiger charge is -2.42. The van der Waals surface area contributed by atoms with Crippen molar-refractivity contribution in [2.45, 2.75) is 143 Å². The number of carbonyl (C=O) groups excluding carboxylic acids is 3. The van der Waals surface area contributed by atoms with Crippen molar-refractivity contribution in [3.05, 3.63) is 0 Å². The average molecular weight is 789 g/mol. The first kappa shape index (κ1) is 46.2. The Hall–Kier alpha value is -2.15. The molecule has 2 amide bonds. The second kappa shape index (κ2) is 20.3. The minimum absolute atomic E-state index is 0.633. The molecule has 0 aromatic heterocycles. The molecule has 0 aliphatic carbocycles. The van der Waals surface area contributed by atoms with Crippen molar-refractivity contribution in [2.24, 2.45) is 22.9 Å². The molecule has 0 radical (unpaired) electrons. The normalized spacial score (nSPS) is 40.2. The maximum Gasteiger partial charge on any atom is 0.245 e. The van der Waals surface area contributed by atoms with Crippen molar-refractivity contribution >= 4 is 17.6 Å². The lowest BCUT2D eigenvalue weighted by molar-refractivity contribution is -0.278. The van der Waals surface area contributed by atoms with Crippen LogP contribution < -0.4 is 33.6 Å². The fourth-order valence-electron chi connectivity index (χ4n) is 6.01. The molecule has 24 nitrogen and oxygen atoms in total. The zero-order chi connectivity index (χ0) is 40.8. The predicted octanol–water partition coefficient (Wildman–Crippen LogP) is -10.0. The van der Waals surface area contributed by atoms with Crippen LogP contribution in [-0.4, -0.2) is 212 Å². The average Bonchev–Trinajstić information content (AvgIpc) is 3.14. The summed E-state index contributed by atoms with van der Waals surface area (Å²) in [6.07, 6.45) is -20.5. The minimum Gasteiger partial charge on any atom is -0.394 e. The van der Waals surface area contributed by atoms with E-state index in [2.05, 4.69) is 10.6 Å². The number of Topliss-reactive ketones (excluding diaryl/α,β-unsaturated/α-hetero) is 1. The van der Waals surface area contributed by atoms with Gasteiger partial charge in [-0.15, -0.1) is 0 Å². The van der Waals surface area contributed by atoms with Crippen molar-refractivity contribution in [3.63, 3.8) is 0 Å². The van der Waals surface area contributed by atoms with E-state index in [1.54, 1.807) is 0 Å². The molecule has 0 bridgehead atoms. The van der Waals surface area contributed by atoms with E-state index in [0.717, 1.165) is 6.92 Å². The summed E-state index contributed by atoms with van der Waals surface area (Å²) in [4.78, 5) is 40.1. The van der Waals surface area contributed by atoms with Gasteiger partial charge in [0.15, 0.2) is 24.7 Å². The Labute approximate surface area is 309 Å². The number of ketones is 1. The summed E-state index contributed by atoms with van der Waals surface area (Å²) >= 11 is 0. The first-order chi connectivity index (χ1) is 25.3. The lowest BCUT2D eigenvalue weighted by atomic mass is 9.97. The number of aliphatic hydroxyl groups is 9. The summed E-state index contributed by atoms with van der Waals surface area (Å²) in [5.74, 6) is -2.78. The van der Waals surface area contributed by atoms with Crippen molar-refractivity contribution in [1.82, 2.24) is 10.6 Å². The summed E-state index contributed by atoms with van der Waals surface area (Å²) in [6, 6.07) is -8.86. The number of amides is 2. The van der Waals surface area contributed by atoms with Crippen LogP contribution in [0.25, 0.3) is 0 Å². The molecule has 314 valence electrons. The van der Waals surface area contributed by atoms with Crippen LogP contribution >= 0.6 is 0 Å². The molecule has 0 spiro atoms. The third-order valence-corrected chi connectivity index (χ3v) is 9.51. The monoisotopic (exact) mass is 788 g/mol. The highest BCUT2D eigenvalue weighted by atomic mass is 16.7. The summed E-state index contributed by atoms with van der Waals surface area (Å²) < 4.78 is 33.3. The van der Waals surface area contributed by atoms with E-state index >= 15 is 0 Å². The number of hydrogen-bond acceptors (Lipinski definition) is 22. The SMILES string of the molecule is CC(=O)C(NC(=O)C(NC(=O)C(N)COC1OC(CO)C(O)[C@@H](O)[C@@H]1N)C(C)OC1OC(CO)C(O)[C@@H](O)[C@@H]1N)C(C)OC1OC(CO)C(O)[C@@H](O)[C@@H]1N. The molecule has 20 atom stereocenters. The molecule has 0 saturated carbocycles. The first-order valence-corrected chi connectivity index (χ1v) is 17.2. The third-order valence-electron chi connectivity index (χ3n) is 9.51. The van der Waals surface area contributed by atoms with Crippen molar-refractivity contribution in [1.29, 1.82) is 0 Å². The smallest absolute Gasteiger partial charge is 0.245 e. The number of nitrogens with one attached hydrogen (secondary N) is 2. The van der Waals surface area contributed by atoms with Crippen molar-refractivity contribution < 1.29 is 88.8 Å². The molecular formula is C30H56N6O18. The number of hydrogen-bond donors (Lipinski definition) is 15. The van der Waals surface area contributed by atoms with Gasteiger partial charge in [0.25, 0.3) is 0 Å². The van der Waals surface area contributed by atoms with Crippen LogP contribution in [0.4, 0.5) is 0 Å². The van der Waals surface area contributed by atoms with E-state index in [-0.39, 0.29) is 0 Å². The Morgan fingerprint density at radius 2 is 0.963 bits per heavy atom. The van der Waals surface area contributed by atoms with Gasteiger partial charge in [-0.2, -0.15) is 0 Å². The quantitative estimate of drug-likeness (QED) is 0.0650. The highest BCUT2D eigenvalue weighted by Gasteiger charge is 2.47. The maximum atomic E-state index is 13.9. The molecule has 3 aliphatic rings. The van der Waals surface area contributed by atoms with Crippen LogP contribution in [0, 0.1) is 0 Å². The molecule has 54 heavy (non-hydrogen) atoms. The fraction of sp³-hybridized carbons (Fsp3) is 0.900. The van der Waals surface area contributed by atoms with Gasteiger partial charge in [0.05, 0.1) is 56.8 Å². The Morgan fingerprint density at radius 3 is 1.35 bits per heavy atom. The second-order valence-electron chi connectivity index (χ2n) is 13.6. The summed E-state index contributed by atoms with van der Waals surface area (Å²) in [7, 11) is 0. The number of rotatable bonds is 17. The molecule has 3 saturated heterocycles. The van der Waals surface area contributed by atoms with Crippen LogP contribution in [0.15, 0.2) is 0 Å². The van der Waals surface area contributed by atoms with Gasteiger partial charge < -0.3 is 108 Å². The molecule has 3 rings (SSSR count).